The molecule has 0 N–H and O–H groups in total. The van der Waals surface area contributed by atoms with Crippen molar-refractivity contribution in [3.8, 4) is 0 Å². The normalized spacial score (nSPS) is 28.8. The molecule has 2 aliphatic rings. The van der Waals surface area contributed by atoms with E-state index in [4.69, 9.17) is 18.9 Å². The molecule has 0 aliphatic carbocycles. The molecule has 3 rings (SSSR count). The first kappa shape index (κ1) is 15.0. The molecule has 118 valence electrons. The van der Waals surface area contributed by atoms with Gasteiger partial charge in [-0.25, -0.2) is 9.59 Å². The van der Waals surface area contributed by atoms with Crippen molar-refractivity contribution in [1.82, 2.24) is 0 Å². The monoisotopic (exact) mass is 306 g/mol. The van der Waals surface area contributed by atoms with E-state index in [0.717, 1.165) is 0 Å². The van der Waals surface area contributed by atoms with Crippen LogP contribution >= 0.6 is 0 Å². The summed E-state index contributed by atoms with van der Waals surface area (Å²) in [7, 11) is 0. The zero-order valence-electron chi connectivity index (χ0n) is 12.6. The Bertz CT molecular complexity index is 547. The van der Waals surface area contributed by atoms with Crippen molar-refractivity contribution in [2.24, 2.45) is 0 Å². The summed E-state index contributed by atoms with van der Waals surface area (Å²) in [5.41, 5.74) is -0.385. The van der Waals surface area contributed by atoms with Crippen LogP contribution in [-0.4, -0.2) is 49.6 Å². The second-order valence-electron chi connectivity index (χ2n) is 6.18. The minimum atomic E-state index is -0.557. The summed E-state index contributed by atoms with van der Waals surface area (Å²) in [6, 6.07) is 6.44. The summed E-state index contributed by atoms with van der Waals surface area (Å²) in [5, 5.41) is 0. The van der Waals surface area contributed by atoms with Gasteiger partial charge >= 0.3 is 11.9 Å². The Balaban J connectivity index is 1.65. The van der Waals surface area contributed by atoms with Gasteiger partial charge in [0, 0.05) is 0 Å². The number of esters is 2. The number of carbonyl (C=O) groups is 2. The van der Waals surface area contributed by atoms with Crippen molar-refractivity contribution < 1.29 is 28.5 Å². The summed E-state index contributed by atoms with van der Waals surface area (Å²) >= 11 is 0. The van der Waals surface area contributed by atoms with Crippen LogP contribution in [0.25, 0.3) is 0 Å². The minimum absolute atomic E-state index is 0.168. The number of epoxide rings is 2. The highest BCUT2D eigenvalue weighted by Gasteiger charge is 2.42. The fourth-order valence-electron chi connectivity index (χ4n) is 1.84. The highest BCUT2D eigenvalue weighted by molar-refractivity contribution is 6.03. The number of carbonyl (C=O) groups excluding carboxylic acids is 2. The lowest BCUT2D eigenvalue weighted by Crippen LogP contribution is -2.22. The van der Waals surface area contributed by atoms with E-state index in [0.29, 0.717) is 13.2 Å². The number of rotatable bonds is 6. The first-order valence-electron chi connectivity index (χ1n) is 7.12. The largest absolute Gasteiger partial charge is 0.459 e. The Labute approximate surface area is 128 Å². The molecule has 0 saturated carbocycles. The SMILES string of the molecule is CC1(COC(=O)c2ccccc2C(=O)OCC2(C)CO2)CO1. The molecule has 2 saturated heterocycles. The summed E-state index contributed by atoms with van der Waals surface area (Å²) in [6.45, 7) is 5.20. The lowest BCUT2D eigenvalue weighted by atomic mass is 10.1. The van der Waals surface area contributed by atoms with E-state index in [2.05, 4.69) is 0 Å². The van der Waals surface area contributed by atoms with E-state index in [1.54, 1.807) is 24.3 Å². The van der Waals surface area contributed by atoms with Crippen LogP contribution in [0.4, 0.5) is 0 Å². The fourth-order valence-corrected chi connectivity index (χ4v) is 1.84. The van der Waals surface area contributed by atoms with Crippen molar-refractivity contribution >= 4 is 11.9 Å². The molecule has 2 atom stereocenters. The van der Waals surface area contributed by atoms with Crippen LogP contribution in [0.3, 0.4) is 0 Å². The molecule has 2 heterocycles. The first-order valence-corrected chi connectivity index (χ1v) is 7.12. The van der Waals surface area contributed by atoms with E-state index in [-0.39, 0.29) is 35.5 Å². The lowest BCUT2D eigenvalue weighted by molar-refractivity contribution is 0.0367. The molecule has 0 amide bonds. The van der Waals surface area contributed by atoms with Crippen LogP contribution < -0.4 is 0 Å². The van der Waals surface area contributed by atoms with Crippen molar-refractivity contribution in [2.45, 2.75) is 25.0 Å². The molecule has 0 aromatic heterocycles. The van der Waals surface area contributed by atoms with Crippen molar-refractivity contribution in [3.05, 3.63) is 35.4 Å². The Hall–Kier alpha value is -1.92. The van der Waals surface area contributed by atoms with Gasteiger partial charge in [-0.3, -0.25) is 0 Å². The Morgan fingerprint density at radius 2 is 1.32 bits per heavy atom. The number of hydrogen-bond acceptors (Lipinski definition) is 6. The molecular weight excluding hydrogens is 288 g/mol. The molecule has 1 aromatic rings. The summed E-state index contributed by atoms with van der Waals surface area (Å²) in [6.07, 6.45) is 0. The zero-order valence-corrected chi connectivity index (χ0v) is 12.6. The minimum Gasteiger partial charge on any atom is -0.459 e. The Morgan fingerprint density at radius 1 is 0.955 bits per heavy atom. The molecular formula is C16H18O6. The Morgan fingerprint density at radius 3 is 1.64 bits per heavy atom. The molecule has 6 nitrogen and oxygen atoms in total. The molecule has 6 heteroatoms. The molecule has 2 unspecified atom stereocenters. The molecule has 0 bridgehead atoms. The van der Waals surface area contributed by atoms with Crippen LogP contribution in [0.2, 0.25) is 0 Å². The lowest BCUT2D eigenvalue weighted by Gasteiger charge is -2.11. The van der Waals surface area contributed by atoms with Crippen LogP contribution in [0.5, 0.6) is 0 Å². The second kappa shape index (κ2) is 5.37. The molecule has 1 aromatic carbocycles. The van der Waals surface area contributed by atoms with E-state index < -0.39 is 11.9 Å². The van der Waals surface area contributed by atoms with Crippen molar-refractivity contribution in [3.63, 3.8) is 0 Å². The average Bonchev–Trinajstić information content (AvgIpc) is 3.43. The molecule has 22 heavy (non-hydrogen) atoms. The maximum atomic E-state index is 12.1. The van der Waals surface area contributed by atoms with Gasteiger partial charge in [0.15, 0.2) is 0 Å². The van der Waals surface area contributed by atoms with Crippen LogP contribution in [0.15, 0.2) is 24.3 Å². The van der Waals surface area contributed by atoms with Gasteiger partial charge in [0.2, 0.25) is 0 Å². The van der Waals surface area contributed by atoms with E-state index in [9.17, 15) is 9.59 Å². The third-order valence-corrected chi connectivity index (χ3v) is 3.66. The third-order valence-electron chi connectivity index (χ3n) is 3.66. The van der Waals surface area contributed by atoms with Gasteiger partial charge in [-0.05, 0) is 26.0 Å². The number of hydrogen-bond donors (Lipinski definition) is 0. The summed E-state index contributed by atoms with van der Waals surface area (Å²) in [5.74, 6) is -1.11. The standard InChI is InChI=1S/C16H18O6/c1-15(9-21-15)7-19-13(17)11-5-3-4-6-12(11)14(18)20-8-16(2)10-22-16/h3-6H,7-10H2,1-2H3. The van der Waals surface area contributed by atoms with Gasteiger partial charge < -0.3 is 18.9 Å². The van der Waals surface area contributed by atoms with Gasteiger partial charge in [-0.15, -0.1) is 0 Å². The number of ether oxygens (including phenoxy) is 4. The molecule has 2 fully saturated rings. The third kappa shape index (κ3) is 3.45. The van der Waals surface area contributed by atoms with Crippen molar-refractivity contribution in [2.75, 3.05) is 26.4 Å². The average molecular weight is 306 g/mol. The van der Waals surface area contributed by atoms with Gasteiger partial charge in [-0.1, -0.05) is 12.1 Å². The maximum absolute atomic E-state index is 12.1. The quantitative estimate of drug-likeness (QED) is 0.586. The smallest absolute Gasteiger partial charge is 0.339 e. The van der Waals surface area contributed by atoms with E-state index in [1.807, 2.05) is 13.8 Å². The predicted octanol–water partition coefficient (Wildman–Crippen LogP) is 1.58. The highest BCUT2D eigenvalue weighted by Crippen LogP contribution is 2.27. The summed E-state index contributed by atoms with van der Waals surface area (Å²) < 4.78 is 20.7. The highest BCUT2D eigenvalue weighted by atomic mass is 16.6. The topological polar surface area (TPSA) is 77.7 Å². The van der Waals surface area contributed by atoms with E-state index in [1.165, 1.54) is 0 Å². The Kier molecular flexibility index (Phi) is 3.66. The molecule has 0 spiro atoms. The van der Waals surface area contributed by atoms with Gasteiger partial charge in [-0.2, -0.15) is 0 Å². The van der Waals surface area contributed by atoms with Gasteiger partial charge in [0.05, 0.1) is 24.3 Å². The van der Waals surface area contributed by atoms with Crippen LogP contribution in [-0.2, 0) is 18.9 Å². The second-order valence-corrected chi connectivity index (χ2v) is 6.18. The summed E-state index contributed by atoms with van der Waals surface area (Å²) in [4.78, 5) is 24.3. The molecule has 2 aliphatic heterocycles. The predicted molar refractivity (Wildman–Crippen MR) is 75.7 cm³/mol. The van der Waals surface area contributed by atoms with Crippen LogP contribution in [0, 0.1) is 0 Å². The maximum Gasteiger partial charge on any atom is 0.339 e. The zero-order chi connectivity index (χ0) is 15.8. The fraction of sp³-hybridized carbons (Fsp3) is 0.500. The molecule has 0 radical (unpaired) electrons. The van der Waals surface area contributed by atoms with Crippen LogP contribution in [0.1, 0.15) is 34.6 Å². The van der Waals surface area contributed by atoms with Gasteiger partial charge in [0.1, 0.15) is 24.4 Å². The van der Waals surface area contributed by atoms with E-state index >= 15 is 0 Å². The first-order chi connectivity index (χ1) is 10.4. The van der Waals surface area contributed by atoms with Gasteiger partial charge in [0.25, 0.3) is 0 Å². The number of benzene rings is 1. The van der Waals surface area contributed by atoms with Crippen molar-refractivity contribution in [1.29, 1.82) is 0 Å².